The van der Waals surface area contributed by atoms with E-state index in [1.807, 2.05) is 36.4 Å². The van der Waals surface area contributed by atoms with Gasteiger partial charge in [0.05, 0.1) is 5.69 Å². The second-order valence-corrected chi connectivity index (χ2v) is 6.07. The zero-order valence-electron chi connectivity index (χ0n) is 13.7. The normalized spacial score (nSPS) is 10.6. The van der Waals surface area contributed by atoms with E-state index in [0.29, 0.717) is 29.6 Å². The number of halogens is 1. The summed E-state index contributed by atoms with van der Waals surface area (Å²) in [5.41, 5.74) is 9.09. The van der Waals surface area contributed by atoms with E-state index in [0.717, 1.165) is 16.8 Å². The molecule has 0 aliphatic rings. The van der Waals surface area contributed by atoms with Gasteiger partial charge in [-0.2, -0.15) is 5.10 Å². The predicted molar refractivity (Wildman–Crippen MR) is 98.7 cm³/mol. The molecule has 3 aromatic rings. The van der Waals surface area contributed by atoms with Crippen molar-refractivity contribution in [2.45, 2.75) is 13.0 Å². The number of hydrogen-bond donors (Lipinski definition) is 2. The first-order valence-electron chi connectivity index (χ1n) is 7.78. The van der Waals surface area contributed by atoms with Crippen molar-refractivity contribution in [3.8, 4) is 0 Å². The highest BCUT2D eigenvalue weighted by atomic mass is 35.5. The standard InChI is InChI=1S/C18H18ClN5O/c1-24-15(10-17(19)23-24)16(25)9-12-4-2-5-13(8-12)11-22-14-6-3-7-21-18(14)20/h2-8,10,22H,9,11H2,1H3,(H2,20,21). The quantitative estimate of drug-likeness (QED) is 0.663. The lowest BCUT2D eigenvalue weighted by molar-refractivity contribution is 0.0984. The molecule has 6 nitrogen and oxygen atoms in total. The first-order chi connectivity index (χ1) is 12.0. The lowest BCUT2D eigenvalue weighted by atomic mass is 10.0. The van der Waals surface area contributed by atoms with E-state index >= 15 is 0 Å². The Morgan fingerprint density at radius 2 is 2.04 bits per heavy atom. The van der Waals surface area contributed by atoms with Crippen molar-refractivity contribution in [2.24, 2.45) is 7.05 Å². The minimum atomic E-state index is -0.0245. The Bertz CT molecular complexity index is 906. The van der Waals surface area contributed by atoms with E-state index < -0.39 is 0 Å². The maximum absolute atomic E-state index is 12.4. The Kier molecular flexibility index (Phi) is 5.00. The molecule has 0 aliphatic heterocycles. The van der Waals surface area contributed by atoms with Crippen LogP contribution in [0.25, 0.3) is 0 Å². The van der Waals surface area contributed by atoms with Crippen molar-refractivity contribution in [3.05, 3.63) is 70.6 Å². The maximum Gasteiger partial charge on any atom is 0.185 e. The van der Waals surface area contributed by atoms with Crippen molar-refractivity contribution in [3.63, 3.8) is 0 Å². The Balaban J connectivity index is 1.68. The summed E-state index contributed by atoms with van der Waals surface area (Å²) in [5.74, 6) is 0.436. The lowest BCUT2D eigenvalue weighted by Crippen LogP contribution is -2.10. The number of aromatic nitrogens is 3. The van der Waals surface area contributed by atoms with E-state index in [-0.39, 0.29) is 5.78 Å². The molecule has 0 unspecified atom stereocenters. The van der Waals surface area contributed by atoms with Gasteiger partial charge in [-0.15, -0.1) is 0 Å². The van der Waals surface area contributed by atoms with Gasteiger partial charge in [0, 0.05) is 32.3 Å². The zero-order chi connectivity index (χ0) is 17.8. The van der Waals surface area contributed by atoms with Crippen molar-refractivity contribution in [1.29, 1.82) is 0 Å². The molecule has 0 amide bonds. The minimum Gasteiger partial charge on any atom is -0.382 e. The topological polar surface area (TPSA) is 85.8 Å². The molecule has 0 radical (unpaired) electrons. The number of nitrogens with zero attached hydrogens (tertiary/aromatic N) is 3. The summed E-state index contributed by atoms with van der Waals surface area (Å²) in [4.78, 5) is 16.5. The Hall–Kier alpha value is -2.86. The van der Waals surface area contributed by atoms with Crippen LogP contribution >= 0.6 is 11.6 Å². The summed E-state index contributed by atoms with van der Waals surface area (Å²) < 4.78 is 1.50. The molecule has 2 heterocycles. The minimum absolute atomic E-state index is 0.0245. The summed E-state index contributed by atoms with van der Waals surface area (Å²) >= 11 is 5.84. The molecule has 0 aliphatic carbocycles. The van der Waals surface area contributed by atoms with Crippen molar-refractivity contribution in [1.82, 2.24) is 14.8 Å². The molecule has 0 saturated carbocycles. The molecule has 2 aromatic heterocycles. The summed E-state index contributed by atoms with van der Waals surface area (Å²) in [6.45, 7) is 0.593. The molecule has 0 bridgehead atoms. The monoisotopic (exact) mass is 355 g/mol. The van der Waals surface area contributed by atoms with Gasteiger partial charge in [0.1, 0.15) is 11.5 Å². The van der Waals surface area contributed by atoms with Crippen LogP contribution in [0.1, 0.15) is 21.6 Å². The maximum atomic E-state index is 12.4. The number of benzene rings is 1. The van der Waals surface area contributed by atoms with Gasteiger partial charge in [-0.1, -0.05) is 35.9 Å². The molecule has 7 heteroatoms. The van der Waals surface area contributed by atoms with Crippen molar-refractivity contribution < 1.29 is 4.79 Å². The van der Waals surface area contributed by atoms with Gasteiger partial charge < -0.3 is 11.1 Å². The molecule has 3 N–H and O–H groups in total. The summed E-state index contributed by atoms with van der Waals surface area (Å²) in [7, 11) is 1.71. The highest BCUT2D eigenvalue weighted by Crippen LogP contribution is 2.17. The molecule has 1 aromatic carbocycles. The molecular formula is C18H18ClN5O. The van der Waals surface area contributed by atoms with E-state index in [9.17, 15) is 4.79 Å². The van der Waals surface area contributed by atoms with Crippen LogP contribution in [0, 0.1) is 0 Å². The van der Waals surface area contributed by atoms with Crippen LogP contribution in [0.5, 0.6) is 0 Å². The number of pyridine rings is 1. The number of nitrogens with two attached hydrogens (primary N) is 1. The zero-order valence-corrected chi connectivity index (χ0v) is 14.5. The van der Waals surface area contributed by atoms with Crippen LogP contribution in [0.3, 0.4) is 0 Å². The number of carbonyl (C=O) groups is 1. The highest BCUT2D eigenvalue weighted by molar-refractivity contribution is 6.29. The van der Waals surface area contributed by atoms with E-state index in [1.54, 1.807) is 19.3 Å². The van der Waals surface area contributed by atoms with Gasteiger partial charge in [-0.25, -0.2) is 4.98 Å². The van der Waals surface area contributed by atoms with Crippen LogP contribution in [-0.4, -0.2) is 20.5 Å². The van der Waals surface area contributed by atoms with Crippen LogP contribution in [0.2, 0.25) is 5.15 Å². The third-order valence-electron chi connectivity index (χ3n) is 3.81. The number of hydrogen-bond acceptors (Lipinski definition) is 5. The fraction of sp³-hybridized carbons (Fsp3) is 0.167. The number of carbonyl (C=O) groups excluding carboxylic acids is 1. The van der Waals surface area contributed by atoms with Gasteiger partial charge in [0.15, 0.2) is 10.9 Å². The van der Waals surface area contributed by atoms with Crippen molar-refractivity contribution >= 4 is 28.9 Å². The molecule has 3 rings (SSSR count). The summed E-state index contributed by atoms with van der Waals surface area (Å²) in [6, 6.07) is 13.1. The smallest absolute Gasteiger partial charge is 0.185 e. The molecule has 25 heavy (non-hydrogen) atoms. The number of aryl methyl sites for hydroxylation is 1. The third kappa shape index (κ3) is 4.16. The molecular weight excluding hydrogens is 338 g/mol. The summed E-state index contributed by atoms with van der Waals surface area (Å²) in [6.07, 6.45) is 1.94. The van der Waals surface area contributed by atoms with Gasteiger partial charge in [-0.05, 0) is 23.3 Å². The largest absolute Gasteiger partial charge is 0.382 e. The highest BCUT2D eigenvalue weighted by Gasteiger charge is 2.13. The van der Waals surface area contributed by atoms with Gasteiger partial charge >= 0.3 is 0 Å². The second-order valence-electron chi connectivity index (χ2n) is 5.69. The average molecular weight is 356 g/mol. The molecule has 0 saturated heterocycles. The SMILES string of the molecule is Cn1nc(Cl)cc1C(=O)Cc1cccc(CNc2cccnc2N)c1. The number of rotatable bonds is 6. The Morgan fingerprint density at radius 3 is 2.76 bits per heavy atom. The van der Waals surface area contributed by atoms with Crippen molar-refractivity contribution in [2.75, 3.05) is 11.1 Å². The first kappa shape index (κ1) is 17.0. The fourth-order valence-corrected chi connectivity index (χ4v) is 2.80. The molecule has 0 spiro atoms. The van der Waals surface area contributed by atoms with E-state index in [4.69, 9.17) is 17.3 Å². The Labute approximate surface area is 150 Å². The van der Waals surface area contributed by atoms with Gasteiger partial charge in [0.2, 0.25) is 0 Å². The molecule has 128 valence electrons. The van der Waals surface area contributed by atoms with Crippen LogP contribution in [-0.2, 0) is 20.0 Å². The number of Topliss-reactive ketones (excluding diaryl/α,β-unsaturated/α-hetero) is 1. The van der Waals surface area contributed by atoms with Gasteiger partial charge in [-0.3, -0.25) is 9.48 Å². The van der Waals surface area contributed by atoms with Crippen LogP contribution < -0.4 is 11.1 Å². The van der Waals surface area contributed by atoms with Crippen LogP contribution in [0.15, 0.2) is 48.7 Å². The van der Waals surface area contributed by atoms with E-state index in [1.165, 1.54) is 4.68 Å². The lowest BCUT2D eigenvalue weighted by Gasteiger charge is -2.09. The fourth-order valence-electron chi connectivity index (χ4n) is 2.58. The van der Waals surface area contributed by atoms with Crippen LogP contribution in [0.4, 0.5) is 11.5 Å². The molecule has 0 fully saturated rings. The predicted octanol–water partition coefficient (Wildman–Crippen LogP) is 3.09. The number of anilines is 2. The van der Waals surface area contributed by atoms with Gasteiger partial charge in [0.25, 0.3) is 0 Å². The average Bonchev–Trinajstić information content (AvgIpc) is 2.93. The first-order valence-corrected chi connectivity index (χ1v) is 8.15. The van der Waals surface area contributed by atoms with E-state index in [2.05, 4.69) is 15.4 Å². The Morgan fingerprint density at radius 1 is 1.24 bits per heavy atom. The second kappa shape index (κ2) is 7.36. The number of nitrogens with one attached hydrogen (secondary N) is 1. The third-order valence-corrected chi connectivity index (χ3v) is 4.00. The number of nitrogen functional groups attached to an aromatic ring is 1. The number of ketones is 1. The molecule has 0 atom stereocenters. The summed E-state index contributed by atoms with van der Waals surface area (Å²) in [5, 5.41) is 7.56.